The minimum absolute atomic E-state index is 0.0171. The number of likely N-dealkylation sites (tertiary alicyclic amines) is 1. The molecule has 1 atom stereocenters. The van der Waals surface area contributed by atoms with E-state index in [0.717, 1.165) is 25.1 Å². The van der Waals surface area contributed by atoms with E-state index in [-0.39, 0.29) is 17.6 Å². The van der Waals surface area contributed by atoms with Crippen molar-refractivity contribution < 1.29 is 14.5 Å². The van der Waals surface area contributed by atoms with Gasteiger partial charge in [-0.1, -0.05) is 6.58 Å². The van der Waals surface area contributed by atoms with Crippen LogP contribution in [0.1, 0.15) is 12.8 Å². The summed E-state index contributed by atoms with van der Waals surface area (Å²) in [6, 6.07) is 13.6. The molecule has 2 aliphatic rings. The summed E-state index contributed by atoms with van der Waals surface area (Å²) in [5.74, 6) is 1.74. The lowest BCUT2D eigenvalue weighted by Gasteiger charge is -2.37. The second kappa shape index (κ2) is 9.01. The van der Waals surface area contributed by atoms with E-state index in [1.165, 1.54) is 18.2 Å². The lowest BCUT2D eigenvalue weighted by molar-refractivity contribution is -0.384. The van der Waals surface area contributed by atoms with E-state index in [1.54, 1.807) is 12.1 Å². The van der Waals surface area contributed by atoms with E-state index in [0.29, 0.717) is 30.5 Å². The average molecular weight is 435 g/mol. The molecule has 2 N–H and O–H groups in total. The number of rotatable bonds is 6. The number of piperidine rings is 1. The molecule has 0 radical (unpaired) electrons. The molecule has 0 aliphatic carbocycles. The van der Waals surface area contributed by atoms with Crippen LogP contribution < -0.4 is 15.4 Å². The van der Waals surface area contributed by atoms with Gasteiger partial charge in [0.05, 0.1) is 11.6 Å². The molecule has 0 aromatic heterocycles. The van der Waals surface area contributed by atoms with Crippen LogP contribution >= 0.6 is 0 Å². The van der Waals surface area contributed by atoms with Crippen LogP contribution in [0.25, 0.3) is 0 Å². The van der Waals surface area contributed by atoms with Crippen molar-refractivity contribution >= 4 is 17.3 Å². The van der Waals surface area contributed by atoms with Crippen molar-refractivity contribution in [2.75, 3.05) is 24.7 Å². The van der Waals surface area contributed by atoms with Crippen LogP contribution in [0.4, 0.5) is 11.4 Å². The Balaban J connectivity index is 1.39. The second-order valence-electron chi connectivity index (χ2n) is 7.77. The molecule has 166 valence electrons. The maximum absolute atomic E-state index is 12.0. The number of hydrogen-bond donors (Lipinski definition) is 1. The maximum atomic E-state index is 12.0. The first-order valence-electron chi connectivity index (χ1n) is 10.4. The summed E-state index contributed by atoms with van der Waals surface area (Å²) in [5.41, 5.74) is 7.23. The van der Waals surface area contributed by atoms with Crippen LogP contribution in [-0.2, 0) is 4.79 Å². The average Bonchev–Trinajstić information content (AvgIpc) is 3.21. The van der Waals surface area contributed by atoms with Crippen LogP contribution in [-0.4, -0.2) is 46.4 Å². The molecule has 2 aromatic carbocycles. The van der Waals surface area contributed by atoms with Gasteiger partial charge in [0.25, 0.3) is 5.69 Å². The van der Waals surface area contributed by atoms with Crippen LogP contribution in [0.2, 0.25) is 0 Å². The van der Waals surface area contributed by atoms with E-state index in [4.69, 9.17) is 10.5 Å². The fourth-order valence-electron chi connectivity index (χ4n) is 4.00. The van der Waals surface area contributed by atoms with Crippen LogP contribution in [0, 0.1) is 10.1 Å². The monoisotopic (exact) mass is 435 g/mol. The van der Waals surface area contributed by atoms with Crippen LogP contribution in [0.3, 0.4) is 0 Å². The highest BCUT2D eigenvalue weighted by atomic mass is 16.6. The number of nitro groups is 1. The van der Waals surface area contributed by atoms with Gasteiger partial charge in [0.15, 0.2) is 0 Å². The van der Waals surface area contributed by atoms with Gasteiger partial charge in [-0.05, 0) is 55.3 Å². The van der Waals surface area contributed by atoms with Gasteiger partial charge in [-0.2, -0.15) is 0 Å². The first-order valence-corrected chi connectivity index (χ1v) is 10.4. The zero-order chi connectivity index (χ0) is 22.7. The van der Waals surface area contributed by atoms with Crippen molar-refractivity contribution in [1.29, 1.82) is 0 Å². The van der Waals surface area contributed by atoms with Gasteiger partial charge in [-0.15, -0.1) is 0 Å². The van der Waals surface area contributed by atoms with Gasteiger partial charge < -0.3 is 25.2 Å². The van der Waals surface area contributed by atoms with E-state index in [9.17, 15) is 14.9 Å². The number of anilines is 1. The summed E-state index contributed by atoms with van der Waals surface area (Å²) in [5, 5.41) is 10.8. The van der Waals surface area contributed by atoms with Crippen molar-refractivity contribution in [2.24, 2.45) is 5.73 Å². The van der Waals surface area contributed by atoms with Crippen LogP contribution in [0.15, 0.2) is 73.2 Å². The van der Waals surface area contributed by atoms with Crippen molar-refractivity contribution in [1.82, 2.24) is 9.80 Å². The molecule has 2 heterocycles. The molecule has 32 heavy (non-hydrogen) atoms. The summed E-state index contributed by atoms with van der Waals surface area (Å²) in [4.78, 5) is 28.3. The number of benzene rings is 2. The highest BCUT2D eigenvalue weighted by molar-refractivity contribution is 5.87. The number of nitrogens with zero attached hydrogens (tertiary/aromatic N) is 4. The number of ether oxygens (including phenoxy) is 1. The van der Waals surface area contributed by atoms with Gasteiger partial charge in [0.2, 0.25) is 5.91 Å². The number of carbonyl (C=O) groups excluding carboxylic acids is 1. The Labute approximate surface area is 186 Å². The Morgan fingerprint density at radius 2 is 1.81 bits per heavy atom. The minimum atomic E-state index is -0.446. The summed E-state index contributed by atoms with van der Waals surface area (Å²) >= 11 is 0. The number of carbonyl (C=O) groups is 1. The quantitative estimate of drug-likeness (QED) is 0.421. The fraction of sp³-hybridized carbons (Fsp3) is 0.261. The van der Waals surface area contributed by atoms with Crippen molar-refractivity contribution in [3.05, 3.63) is 83.3 Å². The fourth-order valence-corrected chi connectivity index (χ4v) is 4.00. The molecular weight excluding hydrogens is 410 g/mol. The van der Waals surface area contributed by atoms with Crippen molar-refractivity contribution in [2.45, 2.75) is 18.9 Å². The predicted molar refractivity (Wildman–Crippen MR) is 121 cm³/mol. The molecule has 1 amide bonds. The Morgan fingerprint density at radius 3 is 2.44 bits per heavy atom. The predicted octanol–water partition coefficient (Wildman–Crippen LogP) is 3.40. The zero-order valence-corrected chi connectivity index (χ0v) is 17.6. The first kappa shape index (κ1) is 21.2. The zero-order valence-electron chi connectivity index (χ0n) is 17.6. The van der Waals surface area contributed by atoms with Crippen molar-refractivity contribution in [3.63, 3.8) is 0 Å². The highest BCUT2D eigenvalue weighted by Crippen LogP contribution is 2.30. The van der Waals surface area contributed by atoms with Gasteiger partial charge in [0, 0.05) is 43.2 Å². The summed E-state index contributed by atoms with van der Waals surface area (Å²) < 4.78 is 5.78. The molecule has 0 spiro atoms. The summed E-state index contributed by atoms with van der Waals surface area (Å²) in [6.45, 7) is 5.61. The Bertz CT molecular complexity index is 1040. The number of nitrogens with two attached hydrogens (primary N) is 1. The van der Waals surface area contributed by atoms with E-state index >= 15 is 0 Å². The van der Waals surface area contributed by atoms with Crippen molar-refractivity contribution in [3.8, 4) is 11.5 Å². The van der Waals surface area contributed by atoms with Crippen LogP contribution in [0.5, 0.6) is 11.5 Å². The van der Waals surface area contributed by atoms with E-state index < -0.39 is 4.92 Å². The molecule has 0 bridgehead atoms. The molecule has 2 aromatic rings. The first-order chi connectivity index (χ1) is 15.4. The van der Waals surface area contributed by atoms with E-state index in [1.807, 2.05) is 40.3 Å². The topological polar surface area (TPSA) is 105 Å². The third-order valence-corrected chi connectivity index (χ3v) is 5.70. The molecule has 4 rings (SSSR count). The molecular formula is C23H25N5O4. The minimum Gasteiger partial charge on any atom is -0.457 e. The Hall–Kier alpha value is -4.01. The largest absolute Gasteiger partial charge is 0.457 e. The molecule has 0 saturated carbocycles. The summed E-state index contributed by atoms with van der Waals surface area (Å²) in [6.07, 6.45) is 5.25. The molecule has 9 heteroatoms. The van der Waals surface area contributed by atoms with Gasteiger partial charge in [0.1, 0.15) is 17.3 Å². The van der Waals surface area contributed by atoms with Gasteiger partial charge >= 0.3 is 0 Å². The van der Waals surface area contributed by atoms with E-state index in [2.05, 4.69) is 11.5 Å². The number of hydrogen-bond acceptors (Lipinski definition) is 7. The molecule has 2 aliphatic heterocycles. The number of non-ortho nitro benzene ring substituents is 1. The standard InChI is InChI=1S/C23H25N5O4/c1-2-23(29)25-13-3-4-19(14-25)26-15-22(24)27(16-26)17-5-9-20(10-6-17)32-21-11-7-18(8-12-21)28(30)31/h2,5-12,15,19H,1,3-4,13-14,16,24H2/t19-/m1/s1. The lowest BCUT2D eigenvalue weighted by atomic mass is 10.0. The Kier molecular flexibility index (Phi) is 5.98. The second-order valence-corrected chi connectivity index (χ2v) is 7.77. The van der Waals surface area contributed by atoms with Gasteiger partial charge in [-0.3, -0.25) is 14.9 Å². The number of nitro benzene ring substituents is 1. The third-order valence-electron chi connectivity index (χ3n) is 5.70. The Morgan fingerprint density at radius 1 is 1.16 bits per heavy atom. The third kappa shape index (κ3) is 4.51. The maximum Gasteiger partial charge on any atom is 0.269 e. The lowest BCUT2D eigenvalue weighted by Crippen LogP contribution is -2.48. The molecule has 1 fully saturated rings. The molecule has 0 unspecified atom stereocenters. The smallest absolute Gasteiger partial charge is 0.269 e. The summed E-state index contributed by atoms with van der Waals surface area (Å²) in [7, 11) is 0. The highest BCUT2D eigenvalue weighted by Gasteiger charge is 2.30. The normalized spacial score (nSPS) is 18.3. The molecule has 9 nitrogen and oxygen atoms in total. The van der Waals surface area contributed by atoms with Gasteiger partial charge in [-0.25, -0.2) is 0 Å². The number of amides is 1. The molecule has 1 saturated heterocycles. The SMILES string of the molecule is C=CC(=O)N1CCC[C@@H](N2C=C(N)N(c3ccc(Oc4ccc([N+](=O)[O-])cc4)cc3)C2)C1.